The molecule has 3 aromatic rings. The lowest BCUT2D eigenvalue weighted by Crippen LogP contribution is -2.34. The van der Waals surface area contributed by atoms with Gasteiger partial charge in [0.25, 0.3) is 5.91 Å². The van der Waals surface area contributed by atoms with Crippen LogP contribution in [0.4, 0.5) is 5.69 Å². The second-order valence-electron chi connectivity index (χ2n) is 7.34. The third kappa shape index (κ3) is 3.74. The molecule has 5 nitrogen and oxygen atoms in total. The summed E-state index contributed by atoms with van der Waals surface area (Å²) >= 11 is 0. The Bertz CT molecular complexity index is 976. The van der Waals surface area contributed by atoms with Crippen molar-refractivity contribution >= 4 is 22.6 Å². The van der Waals surface area contributed by atoms with Gasteiger partial charge in [0.05, 0.1) is 17.6 Å². The summed E-state index contributed by atoms with van der Waals surface area (Å²) in [6.45, 7) is 8.31. The molecule has 4 rings (SSSR count). The van der Waals surface area contributed by atoms with E-state index in [4.69, 9.17) is 4.98 Å². The third-order valence-corrected chi connectivity index (χ3v) is 5.20. The van der Waals surface area contributed by atoms with Crippen molar-refractivity contribution in [3.8, 4) is 0 Å². The average Bonchev–Trinajstić information content (AvgIpc) is 3.03. The smallest absolute Gasteiger partial charge is 0.255 e. The van der Waals surface area contributed by atoms with Crippen LogP contribution in [0.3, 0.4) is 0 Å². The molecule has 0 radical (unpaired) electrons. The van der Waals surface area contributed by atoms with Crippen molar-refractivity contribution in [2.24, 2.45) is 0 Å². The number of carbonyl (C=O) groups excluding carboxylic acids is 1. The zero-order valence-corrected chi connectivity index (χ0v) is 16.0. The molecule has 0 saturated heterocycles. The molecule has 27 heavy (non-hydrogen) atoms. The molecule has 0 bridgehead atoms. The number of anilines is 1. The van der Waals surface area contributed by atoms with Crippen LogP contribution < -0.4 is 5.32 Å². The first-order valence-electron chi connectivity index (χ1n) is 9.73. The van der Waals surface area contributed by atoms with E-state index in [9.17, 15) is 4.79 Å². The molecule has 0 aliphatic carbocycles. The molecule has 0 atom stereocenters. The van der Waals surface area contributed by atoms with Gasteiger partial charge in [0.2, 0.25) is 0 Å². The van der Waals surface area contributed by atoms with Crippen LogP contribution in [-0.2, 0) is 13.1 Å². The van der Waals surface area contributed by atoms with Crippen LogP contribution in [0.5, 0.6) is 0 Å². The molecule has 0 unspecified atom stereocenters. The Morgan fingerprint density at radius 1 is 1.19 bits per heavy atom. The van der Waals surface area contributed by atoms with Crippen LogP contribution in [0, 0.1) is 6.92 Å². The minimum Gasteiger partial charge on any atom is -0.326 e. The minimum atomic E-state index is -0.0900. The van der Waals surface area contributed by atoms with Crippen LogP contribution in [0.2, 0.25) is 0 Å². The molecule has 0 fully saturated rings. The highest BCUT2D eigenvalue weighted by Crippen LogP contribution is 2.24. The summed E-state index contributed by atoms with van der Waals surface area (Å²) in [5.74, 6) is 1.03. The normalized spacial score (nSPS) is 14.3. The van der Waals surface area contributed by atoms with E-state index in [0.717, 1.165) is 54.3 Å². The van der Waals surface area contributed by atoms with Gasteiger partial charge >= 0.3 is 0 Å². The quantitative estimate of drug-likeness (QED) is 0.739. The van der Waals surface area contributed by atoms with E-state index in [0.29, 0.717) is 5.56 Å². The Morgan fingerprint density at radius 2 is 2.07 bits per heavy atom. The molecule has 1 aliphatic rings. The number of fused-ring (bicyclic) bond motifs is 3. The number of benzene rings is 2. The predicted molar refractivity (Wildman–Crippen MR) is 109 cm³/mol. The van der Waals surface area contributed by atoms with Gasteiger partial charge in [-0.15, -0.1) is 0 Å². The Labute approximate surface area is 160 Å². The molecule has 140 valence electrons. The van der Waals surface area contributed by atoms with Crippen LogP contribution in [-0.4, -0.2) is 33.4 Å². The number of carbonyl (C=O) groups is 1. The van der Waals surface area contributed by atoms with E-state index >= 15 is 0 Å². The van der Waals surface area contributed by atoms with E-state index in [1.54, 1.807) is 0 Å². The average molecular weight is 362 g/mol. The fraction of sp³-hybridized carbons (Fsp3) is 0.364. The number of nitrogens with one attached hydrogen (secondary N) is 1. The van der Waals surface area contributed by atoms with Crippen LogP contribution in [0.25, 0.3) is 11.0 Å². The molecule has 1 amide bonds. The zero-order valence-electron chi connectivity index (χ0n) is 16.0. The van der Waals surface area contributed by atoms with Crippen LogP contribution in [0.1, 0.15) is 41.5 Å². The maximum Gasteiger partial charge on any atom is 0.255 e. The van der Waals surface area contributed by atoms with Gasteiger partial charge < -0.3 is 9.88 Å². The summed E-state index contributed by atoms with van der Waals surface area (Å²) in [4.78, 5) is 19.8. The fourth-order valence-electron chi connectivity index (χ4n) is 3.71. The standard InChI is InChI=1S/C22H26N4O/c1-3-4-10-25-11-12-26-20-9-8-18(14-19(20)24-21(26)15-25)23-22(27)17-7-5-6-16(2)13-17/h5-9,13-14H,3-4,10-12,15H2,1-2H3,(H,23,27). The molecule has 0 saturated carbocycles. The first-order chi connectivity index (χ1) is 13.1. The van der Waals surface area contributed by atoms with E-state index < -0.39 is 0 Å². The van der Waals surface area contributed by atoms with E-state index in [1.807, 2.05) is 43.3 Å². The molecular weight excluding hydrogens is 336 g/mol. The largest absolute Gasteiger partial charge is 0.326 e. The number of hydrogen-bond acceptors (Lipinski definition) is 3. The van der Waals surface area contributed by atoms with Gasteiger partial charge in [-0.3, -0.25) is 9.69 Å². The predicted octanol–water partition coefficient (Wildman–Crippen LogP) is 4.21. The number of aryl methyl sites for hydroxylation is 1. The van der Waals surface area contributed by atoms with Crippen LogP contribution in [0.15, 0.2) is 42.5 Å². The van der Waals surface area contributed by atoms with E-state index in [-0.39, 0.29) is 5.91 Å². The van der Waals surface area contributed by atoms with Crippen molar-refractivity contribution in [3.05, 3.63) is 59.4 Å². The molecule has 0 spiro atoms. The molecule has 1 aliphatic heterocycles. The summed E-state index contributed by atoms with van der Waals surface area (Å²) < 4.78 is 2.31. The number of nitrogens with zero attached hydrogens (tertiary/aromatic N) is 3. The molecule has 1 aromatic heterocycles. The van der Waals surface area contributed by atoms with Crippen molar-refractivity contribution in [1.29, 1.82) is 0 Å². The number of imidazole rings is 1. The second kappa shape index (κ2) is 7.53. The maximum absolute atomic E-state index is 12.5. The highest BCUT2D eigenvalue weighted by molar-refractivity contribution is 6.05. The van der Waals surface area contributed by atoms with Gasteiger partial charge in [0.15, 0.2) is 0 Å². The van der Waals surface area contributed by atoms with Crippen molar-refractivity contribution in [2.75, 3.05) is 18.4 Å². The summed E-state index contributed by atoms with van der Waals surface area (Å²) in [6, 6.07) is 13.6. The van der Waals surface area contributed by atoms with Crippen molar-refractivity contribution < 1.29 is 4.79 Å². The Hall–Kier alpha value is -2.66. The molecular formula is C22H26N4O. The van der Waals surface area contributed by atoms with Crippen molar-refractivity contribution in [3.63, 3.8) is 0 Å². The maximum atomic E-state index is 12.5. The van der Waals surface area contributed by atoms with Crippen molar-refractivity contribution in [2.45, 2.75) is 39.8 Å². The van der Waals surface area contributed by atoms with Gasteiger partial charge in [0.1, 0.15) is 5.82 Å². The Kier molecular flexibility index (Phi) is 4.94. The lowest BCUT2D eigenvalue weighted by Gasteiger charge is -2.27. The minimum absolute atomic E-state index is 0.0900. The highest BCUT2D eigenvalue weighted by Gasteiger charge is 2.20. The Morgan fingerprint density at radius 3 is 2.89 bits per heavy atom. The van der Waals surface area contributed by atoms with Gasteiger partial charge in [-0.2, -0.15) is 0 Å². The Balaban J connectivity index is 1.54. The monoisotopic (exact) mass is 362 g/mol. The van der Waals surface area contributed by atoms with Crippen LogP contribution >= 0.6 is 0 Å². The SMILES string of the molecule is CCCCN1CCn2c(nc3cc(NC(=O)c4cccc(C)c4)ccc32)C1. The summed E-state index contributed by atoms with van der Waals surface area (Å²) in [5, 5.41) is 3.00. The number of unbranched alkanes of at least 4 members (excludes halogenated alkanes) is 1. The number of amides is 1. The van der Waals surface area contributed by atoms with Gasteiger partial charge in [-0.05, 0) is 50.2 Å². The topological polar surface area (TPSA) is 50.2 Å². The molecule has 2 heterocycles. The number of aromatic nitrogens is 2. The molecule has 2 aromatic carbocycles. The van der Waals surface area contributed by atoms with Gasteiger partial charge in [-0.1, -0.05) is 31.0 Å². The van der Waals surface area contributed by atoms with Gasteiger partial charge in [0, 0.05) is 24.3 Å². The lowest BCUT2D eigenvalue weighted by molar-refractivity contribution is 0.102. The highest BCUT2D eigenvalue weighted by atomic mass is 16.1. The number of rotatable bonds is 5. The second-order valence-corrected chi connectivity index (χ2v) is 7.34. The fourth-order valence-corrected chi connectivity index (χ4v) is 3.71. The van der Waals surface area contributed by atoms with E-state index in [2.05, 4.69) is 27.8 Å². The molecule has 1 N–H and O–H groups in total. The molecule has 5 heteroatoms. The zero-order chi connectivity index (χ0) is 18.8. The number of hydrogen-bond donors (Lipinski definition) is 1. The van der Waals surface area contributed by atoms with E-state index in [1.165, 1.54) is 12.8 Å². The van der Waals surface area contributed by atoms with Crippen molar-refractivity contribution in [1.82, 2.24) is 14.5 Å². The summed E-state index contributed by atoms with van der Waals surface area (Å²) in [7, 11) is 0. The van der Waals surface area contributed by atoms with Gasteiger partial charge in [-0.25, -0.2) is 4.98 Å². The third-order valence-electron chi connectivity index (χ3n) is 5.20. The summed E-state index contributed by atoms with van der Waals surface area (Å²) in [6.07, 6.45) is 2.45. The summed E-state index contributed by atoms with van der Waals surface area (Å²) in [5.41, 5.74) is 4.63. The first kappa shape index (κ1) is 17.7. The first-order valence-corrected chi connectivity index (χ1v) is 9.73. The lowest BCUT2D eigenvalue weighted by atomic mass is 10.1.